The van der Waals surface area contributed by atoms with Crippen LogP contribution in [0.4, 0.5) is 5.69 Å². The Balaban J connectivity index is 2.93. The summed E-state index contributed by atoms with van der Waals surface area (Å²) < 4.78 is 22.9. The lowest BCUT2D eigenvalue weighted by Crippen LogP contribution is -2.36. The lowest BCUT2D eigenvalue weighted by Gasteiger charge is -2.19. The van der Waals surface area contributed by atoms with Gasteiger partial charge >= 0.3 is 5.97 Å². The van der Waals surface area contributed by atoms with Crippen LogP contribution in [0.3, 0.4) is 0 Å². The number of sulfone groups is 1. The van der Waals surface area contributed by atoms with Crippen LogP contribution in [0.5, 0.6) is 0 Å². The lowest BCUT2D eigenvalue weighted by atomic mass is 10.1. The average molecular weight is 358 g/mol. The Hall–Kier alpha value is -2.49. The quantitative estimate of drug-likeness (QED) is 0.575. The standard InChI is InChI=1S/C14H18N2O7S/c1-14(2,3)24(22,23)5-4-15-12(17)9-6-10(13(18)19)8-11(7-9)16(20)21/h6-8H,4-5H2,1-3H3,(H,15,17)(H,18,19). The third kappa shape index (κ3) is 4.75. The van der Waals surface area contributed by atoms with Gasteiger partial charge in [-0.05, 0) is 26.8 Å². The van der Waals surface area contributed by atoms with Crippen LogP contribution in [0, 0.1) is 10.1 Å². The van der Waals surface area contributed by atoms with Crippen molar-refractivity contribution in [2.75, 3.05) is 12.3 Å². The van der Waals surface area contributed by atoms with Gasteiger partial charge in [-0.15, -0.1) is 0 Å². The Morgan fingerprint density at radius 2 is 1.75 bits per heavy atom. The van der Waals surface area contributed by atoms with Crippen molar-refractivity contribution in [3.8, 4) is 0 Å². The summed E-state index contributed by atoms with van der Waals surface area (Å²) in [6.07, 6.45) is 0. The topological polar surface area (TPSA) is 144 Å². The molecule has 0 saturated carbocycles. The first-order valence-corrected chi connectivity index (χ1v) is 8.53. The number of carboxylic acid groups (broad SMARTS) is 1. The van der Waals surface area contributed by atoms with E-state index in [0.29, 0.717) is 0 Å². The molecule has 9 nitrogen and oxygen atoms in total. The lowest BCUT2D eigenvalue weighted by molar-refractivity contribution is -0.384. The number of carbonyl (C=O) groups excluding carboxylic acids is 1. The summed E-state index contributed by atoms with van der Waals surface area (Å²) in [5.41, 5.74) is -1.17. The van der Waals surface area contributed by atoms with Crippen LogP contribution in [0.15, 0.2) is 18.2 Å². The Kier molecular flexibility index (Phi) is 5.67. The Bertz CT molecular complexity index is 747. The van der Waals surface area contributed by atoms with Crippen molar-refractivity contribution in [2.45, 2.75) is 25.5 Å². The van der Waals surface area contributed by atoms with Crippen LogP contribution in [0.1, 0.15) is 41.5 Å². The van der Waals surface area contributed by atoms with Gasteiger partial charge in [0.1, 0.15) is 0 Å². The van der Waals surface area contributed by atoms with E-state index in [-0.39, 0.29) is 17.9 Å². The molecule has 10 heteroatoms. The molecule has 0 spiro atoms. The fourth-order valence-electron chi connectivity index (χ4n) is 1.68. The number of nitrogens with zero attached hydrogens (tertiary/aromatic N) is 1. The summed E-state index contributed by atoms with van der Waals surface area (Å²) in [5.74, 6) is -2.50. The highest BCUT2D eigenvalue weighted by Crippen LogP contribution is 2.18. The molecule has 0 fully saturated rings. The molecule has 0 aromatic heterocycles. The first-order valence-electron chi connectivity index (χ1n) is 6.88. The summed E-state index contributed by atoms with van der Waals surface area (Å²) in [7, 11) is -3.44. The number of nitrogens with one attached hydrogen (secondary N) is 1. The van der Waals surface area contributed by atoms with E-state index in [1.807, 2.05) is 0 Å². The first-order chi connectivity index (χ1) is 10.8. The van der Waals surface area contributed by atoms with Gasteiger partial charge in [0.15, 0.2) is 9.84 Å². The van der Waals surface area contributed by atoms with Crippen molar-refractivity contribution >= 4 is 27.4 Å². The molecular weight excluding hydrogens is 340 g/mol. The van der Waals surface area contributed by atoms with Crippen molar-refractivity contribution in [2.24, 2.45) is 0 Å². The smallest absolute Gasteiger partial charge is 0.335 e. The number of aromatic carboxylic acids is 1. The van der Waals surface area contributed by atoms with Crippen LogP contribution in [0.2, 0.25) is 0 Å². The minimum absolute atomic E-state index is 0.191. The molecule has 0 aliphatic heterocycles. The molecule has 0 unspecified atom stereocenters. The predicted molar refractivity (Wildman–Crippen MR) is 85.9 cm³/mol. The fourth-order valence-corrected chi connectivity index (χ4v) is 2.66. The maximum atomic E-state index is 12.0. The minimum atomic E-state index is -3.44. The Morgan fingerprint density at radius 1 is 1.21 bits per heavy atom. The van der Waals surface area contributed by atoms with Crippen LogP contribution >= 0.6 is 0 Å². The maximum absolute atomic E-state index is 12.0. The number of carboxylic acids is 1. The number of hydrogen-bond acceptors (Lipinski definition) is 6. The number of benzene rings is 1. The van der Waals surface area contributed by atoms with Gasteiger partial charge < -0.3 is 10.4 Å². The number of amides is 1. The van der Waals surface area contributed by atoms with E-state index in [4.69, 9.17) is 5.11 Å². The van der Waals surface area contributed by atoms with Crippen molar-refractivity contribution in [1.29, 1.82) is 0 Å². The molecule has 1 amide bonds. The van der Waals surface area contributed by atoms with Crippen LogP contribution < -0.4 is 5.32 Å². The van der Waals surface area contributed by atoms with Gasteiger partial charge in [0.25, 0.3) is 11.6 Å². The minimum Gasteiger partial charge on any atom is -0.478 e. The SMILES string of the molecule is CC(C)(C)S(=O)(=O)CCNC(=O)c1cc(C(=O)O)cc([N+](=O)[O-])c1. The Morgan fingerprint density at radius 3 is 2.21 bits per heavy atom. The summed E-state index contributed by atoms with van der Waals surface area (Å²) in [5, 5.41) is 22.1. The monoisotopic (exact) mass is 358 g/mol. The zero-order chi connectivity index (χ0) is 18.7. The fraction of sp³-hybridized carbons (Fsp3) is 0.429. The molecule has 1 rings (SSSR count). The number of hydrogen-bond donors (Lipinski definition) is 2. The van der Waals surface area contributed by atoms with Gasteiger partial charge in [-0.25, -0.2) is 13.2 Å². The van der Waals surface area contributed by atoms with Gasteiger partial charge in [-0.3, -0.25) is 14.9 Å². The molecule has 1 aromatic rings. The van der Waals surface area contributed by atoms with Crippen LogP contribution in [-0.2, 0) is 9.84 Å². The molecule has 0 radical (unpaired) electrons. The highest BCUT2D eigenvalue weighted by molar-refractivity contribution is 7.92. The van der Waals surface area contributed by atoms with E-state index in [1.165, 1.54) is 20.8 Å². The van der Waals surface area contributed by atoms with Gasteiger partial charge in [0.05, 0.1) is 21.0 Å². The van der Waals surface area contributed by atoms with Crippen molar-refractivity contribution in [1.82, 2.24) is 5.32 Å². The number of nitro groups is 1. The van der Waals surface area contributed by atoms with Crippen molar-refractivity contribution in [3.63, 3.8) is 0 Å². The zero-order valence-corrected chi connectivity index (χ0v) is 14.2. The van der Waals surface area contributed by atoms with Crippen LogP contribution in [0.25, 0.3) is 0 Å². The summed E-state index contributed by atoms with van der Waals surface area (Å²) in [6, 6.07) is 2.76. The second-order valence-electron chi connectivity index (χ2n) is 6.02. The van der Waals surface area contributed by atoms with E-state index in [1.54, 1.807) is 0 Å². The number of carbonyl (C=O) groups is 2. The second kappa shape index (κ2) is 6.95. The summed E-state index contributed by atoms with van der Waals surface area (Å²) in [4.78, 5) is 33.0. The van der Waals surface area contributed by atoms with Gasteiger partial charge in [0.2, 0.25) is 0 Å². The van der Waals surface area contributed by atoms with E-state index >= 15 is 0 Å². The van der Waals surface area contributed by atoms with E-state index in [0.717, 1.165) is 18.2 Å². The molecule has 24 heavy (non-hydrogen) atoms. The molecule has 132 valence electrons. The largest absolute Gasteiger partial charge is 0.478 e. The molecule has 0 aliphatic rings. The molecule has 0 atom stereocenters. The normalized spacial score (nSPS) is 11.8. The van der Waals surface area contributed by atoms with Gasteiger partial charge in [-0.2, -0.15) is 0 Å². The number of rotatable bonds is 6. The zero-order valence-electron chi connectivity index (χ0n) is 13.4. The van der Waals surface area contributed by atoms with Gasteiger partial charge in [0, 0.05) is 24.2 Å². The molecule has 0 saturated heterocycles. The third-order valence-corrected chi connectivity index (χ3v) is 5.83. The Labute approximate surface area is 138 Å². The highest BCUT2D eigenvalue weighted by Gasteiger charge is 2.28. The second-order valence-corrected chi connectivity index (χ2v) is 8.88. The third-order valence-electron chi connectivity index (χ3n) is 3.23. The first kappa shape index (κ1) is 19.6. The van der Waals surface area contributed by atoms with Crippen molar-refractivity contribution in [3.05, 3.63) is 39.4 Å². The average Bonchev–Trinajstić information content (AvgIpc) is 2.45. The maximum Gasteiger partial charge on any atom is 0.335 e. The van der Waals surface area contributed by atoms with E-state index in [2.05, 4.69) is 5.32 Å². The van der Waals surface area contributed by atoms with Crippen LogP contribution in [-0.4, -0.2) is 47.4 Å². The predicted octanol–water partition coefficient (Wildman–Crippen LogP) is 1.24. The highest BCUT2D eigenvalue weighted by atomic mass is 32.2. The number of non-ortho nitro benzene ring substituents is 1. The van der Waals surface area contributed by atoms with Crippen molar-refractivity contribution < 1.29 is 28.0 Å². The number of nitro benzene ring substituents is 1. The molecule has 0 heterocycles. The summed E-state index contributed by atoms with van der Waals surface area (Å²) >= 11 is 0. The molecule has 1 aromatic carbocycles. The van der Waals surface area contributed by atoms with Gasteiger partial charge in [-0.1, -0.05) is 0 Å². The van der Waals surface area contributed by atoms with E-state index in [9.17, 15) is 28.1 Å². The molecule has 2 N–H and O–H groups in total. The molecule has 0 bridgehead atoms. The molecule has 0 aliphatic carbocycles. The molecular formula is C14H18N2O7S. The van der Waals surface area contributed by atoms with E-state index < -0.39 is 42.6 Å². The summed E-state index contributed by atoms with van der Waals surface area (Å²) in [6.45, 7) is 4.40.